The van der Waals surface area contributed by atoms with Crippen LogP contribution in [-0.2, 0) is 20.2 Å². The van der Waals surface area contributed by atoms with E-state index in [0.29, 0.717) is 5.56 Å². The molecule has 0 aromatic heterocycles. The first-order valence-electron chi connectivity index (χ1n) is 5.91. The van der Waals surface area contributed by atoms with Gasteiger partial charge in [-0.05, 0) is 48.9 Å². The molecule has 0 aliphatic carbocycles. The summed E-state index contributed by atoms with van der Waals surface area (Å²) < 4.78 is 68.0. The summed E-state index contributed by atoms with van der Waals surface area (Å²) in [6.45, 7) is 1.65. The maximum atomic E-state index is 11.3. The van der Waals surface area contributed by atoms with Gasteiger partial charge in [0.15, 0.2) is 0 Å². The number of ether oxygens (including phenoxy) is 1. The van der Waals surface area contributed by atoms with Crippen molar-refractivity contribution in [3.05, 3.63) is 48.0 Å². The molecule has 0 saturated heterocycles. The normalized spacial score (nSPS) is 12.1. The summed E-state index contributed by atoms with van der Waals surface area (Å²) >= 11 is 0. The van der Waals surface area contributed by atoms with E-state index in [4.69, 9.17) is 9.29 Å². The molecule has 0 radical (unpaired) electrons. The minimum atomic E-state index is -4.47. The molecule has 118 valence electrons. The van der Waals surface area contributed by atoms with Gasteiger partial charge in [-0.25, -0.2) is 0 Å². The molecule has 2 aromatic rings. The van der Waals surface area contributed by atoms with Crippen LogP contribution in [0.4, 0.5) is 0 Å². The fourth-order valence-electron chi connectivity index (χ4n) is 1.71. The lowest BCUT2D eigenvalue weighted by Crippen LogP contribution is -2.02. The average Bonchev–Trinajstić information content (AvgIpc) is 2.39. The lowest BCUT2D eigenvalue weighted by Gasteiger charge is -2.10. The van der Waals surface area contributed by atoms with E-state index in [0.717, 1.165) is 12.1 Å². The molecule has 2 N–H and O–H groups in total. The average molecular weight is 344 g/mol. The first kappa shape index (κ1) is 16.4. The van der Waals surface area contributed by atoms with E-state index in [1.54, 1.807) is 13.0 Å². The topological polar surface area (TPSA) is 118 Å². The van der Waals surface area contributed by atoms with Crippen molar-refractivity contribution in [1.82, 2.24) is 0 Å². The van der Waals surface area contributed by atoms with Gasteiger partial charge in [0, 0.05) is 0 Å². The summed E-state index contributed by atoms with van der Waals surface area (Å²) in [6, 6.07) is 8.91. The van der Waals surface area contributed by atoms with Crippen LogP contribution in [0.3, 0.4) is 0 Å². The summed E-state index contributed by atoms with van der Waals surface area (Å²) in [5.41, 5.74) is 0.613. The van der Waals surface area contributed by atoms with Gasteiger partial charge in [-0.15, -0.1) is 0 Å². The maximum absolute atomic E-state index is 11.3. The van der Waals surface area contributed by atoms with Crippen LogP contribution in [0.2, 0.25) is 0 Å². The van der Waals surface area contributed by atoms with E-state index >= 15 is 0 Å². The van der Waals surface area contributed by atoms with E-state index in [1.165, 1.54) is 24.3 Å². The Hall–Kier alpha value is -1.94. The highest BCUT2D eigenvalue weighted by Gasteiger charge is 2.18. The van der Waals surface area contributed by atoms with Gasteiger partial charge < -0.3 is 4.74 Å². The fourth-order valence-corrected chi connectivity index (χ4v) is 2.89. The second-order valence-corrected chi connectivity index (χ2v) is 7.29. The number of hydrogen-bond acceptors (Lipinski definition) is 5. The molecule has 0 fully saturated rings. The van der Waals surface area contributed by atoms with Gasteiger partial charge >= 0.3 is 0 Å². The Bertz CT molecular complexity index is 898. The Morgan fingerprint density at radius 2 is 1.45 bits per heavy atom. The highest BCUT2D eigenvalue weighted by molar-refractivity contribution is 7.86. The molecule has 22 heavy (non-hydrogen) atoms. The van der Waals surface area contributed by atoms with Gasteiger partial charge in [-0.1, -0.05) is 6.07 Å². The quantitative estimate of drug-likeness (QED) is 0.817. The Morgan fingerprint density at radius 1 is 0.864 bits per heavy atom. The Labute approximate surface area is 127 Å². The van der Waals surface area contributed by atoms with Crippen molar-refractivity contribution in [2.45, 2.75) is 16.7 Å². The molecule has 0 heterocycles. The van der Waals surface area contributed by atoms with Gasteiger partial charge in [-0.2, -0.15) is 16.8 Å². The first-order chi connectivity index (χ1) is 10.1. The lowest BCUT2D eigenvalue weighted by molar-refractivity contribution is 0.449. The third kappa shape index (κ3) is 3.83. The fraction of sp³-hybridized carbons (Fsp3) is 0.0769. The SMILES string of the molecule is Cc1ccc(Oc2ccc(S(=O)(=O)O)cc2)c(S(=O)(=O)O)c1. The second kappa shape index (κ2) is 5.69. The minimum Gasteiger partial charge on any atom is -0.456 e. The third-order valence-electron chi connectivity index (χ3n) is 2.73. The van der Waals surface area contributed by atoms with Crippen molar-refractivity contribution in [3.63, 3.8) is 0 Å². The van der Waals surface area contributed by atoms with Gasteiger partial charge in [0.05, 0.1) is 4.90 Å². The zero-order valence-corrected chi connectivity index (χ0v) is 12.9. The zero-order chi connectivity index (χ0) is 16.5. The Morgan fingerprint density at radius 3 is 1.95 bits per heavy atom. The van der Waals surface area contributed by atoms with Gasteiger partial charge in [-0.3, -0.25) is 9.11 Å². The predicted molar refractivity (Wildman–Crippen MR) is 77.3 cm³/mol. The molecule has 2 aromatic carbocycles. The monoisotopic (exact) mass is 344 g/mol. The summed E-state index contributed by atoms with van der Waals surface area (Å²) in [5, 5.41) is 0. The molecule has 7 nitrogen and oxygen atoms in total. The molecular formula is C13H12O7S2. The minimum absolute atomic E-state index is 0.104. The lowest BCUT2D eigenvalue weighted by atomic mass is 10.2. The van der Waals surface area contributed by atoms with Crippen LogP contribution in [0.15, 0.2) is 52.3 Å². The van der Waals surface area contributed by atoms with Crippen LogP contribution in [-0.4, -0.2) is 25.9 Å². The van der Waals surface area contributed by atoms with Gasteiger partial charge in [0.1, 0.15) is 16.4 Å². The summed E-state index contributed by atoms with van der Waals surface area (Å²) in [7, 11) is -8.79. The van der Waals surface area contributed by atoms with Crippen LogP contribution < -0.4 is 4.74 Å². The molecule has 0 spiro atoms. The smallest absolute Gasteiger partial charge is 0.298 e. The molecule has 0 aliphatic rings. The molecule has 9 heteroatoms. The summed E-state index contributed by atoms with van der Waals surface area (Å²) in [4.78, 5) is -0.717. The summed E-state index contributed by atoms with van der Waals surface area (Å²) in [5.74, 6) is 0.0360. The Balaban J connectivity index is 2.40. The van der Waals surface area contributed by atoms with E-state index in [-0.39, 0.29) is 16.4 Å². The van der Waals surface area contributed by atoms with Crippen molar-refractivity contribution >= 4 is 20.2 Å². The van der Waals surface area contributed by atoms with Gasteiger partial charge in [0.2, 0.25) is 0 Å². The van der Waals surface area contributed by atoms with Crippen LogP contribution >= 0.6 is 0 Å². The highest BCUT2D eigenvalue weighted by Crippen LogP contribution is 2.30. The molecule has 0 aliphatic heterocycles. The third-order valence-corrected chi connectivity index (χ3v) is 4.47. The molecule has 0 atom stereocenters. The van der Waals surface area contributed by atoms with Crippen molar-refractivity contribution in [1.29, 1.82) is 0 Å². The van der Waals surface area contributed by atoms with E-state index < -0.39 is 25.1 Å². The molecule has 2 rings (SSSR count). The number of hydrogen-bond donors (Lipinski definition) is 2. The summed E-state index contributed by atoms with van der Waals surface area (Å²) in [6.07, 6.45) is 0. The molecule has 0 saturated carbocycles. The molecule has 0 unspecified atom stereocenters. The second-order valence-electron chi connectivity index (χ2n) is 4.47. The standard InChI is InChI=1S/C13H12O7S2/c1-9-2-7-12(13(8-9)22(17,18)19)20-10-3-5-11(6-4-10)21(14,15)16/h2-8H,1H3,(H,14,15,16)(H,17,18,19). The van der Waals surface area contributed by atoms with Gasteiger partial charge in [0.25, 0.3) is 20.2 Å². The van der Waals surface area contributed by atoms with E-state index in [2.05, 4.69) is 0 Å². The van der Waals surface area contributed by atoms with Crippen molar-refractivity contribution < 1.29 is 30.7 Å². The predicted octanol–water partition coefficient (Wildman–Crippen LogP) is 2.28. The number of benzene rings is 2. The Kier molecular flexibility index (Phi) is 4.25. The van der Waals surface area contributed by atoms with Crippen LogP contribution in [0, 0.1) is 6.92 Å². The molecule has 0 bridgehead atoms. The van der Waals surface area contributed by atoms with Crippen molar-refractivity contribution in [3.8, 4) is 11.5 Å². The van der Waals surface area contributed by atoms with E-state index in [9.17, 15) is 21.4 Å². The van der Waals surface area contributed by atoms with Crippen LogP contribution in [0.25, 0.3) is 0 Å². The van der Waals surface area contributed by atoms with Crippen LogP contribution in [0.5, 0.6) is 11.5 Å². The van der Waals surface area contributed by atoms with E-state index in [1.807, 2.05) is 0 Å². The maximum Gasteiger partial charge on any atom is 0.298 e. The largest absolute Gasteiger partial charge is 0.456 e. The first-order valence-corrected chi connectivity index (χ1v) is 8.79. The van der Waals surface area contributed by atoms with Crippen LogP contribution in [0.1, 0.15) is 5.56 Å². The number of rotatable bonds is 4. The highest BCUT2D eigenvalue weighted by atomic mass is 32.2. The molecule has 0 amide bonds. The molecular weight excluding hydrogens is 332 g/mol. The zero-order valence-electron chi connectivity index (χ0n) is 11.3. The van der Waals surface area contributed by atoms with Crippen molar-refractivity contribution in [2.75, 3.05) is 0 Å². The number of aryl methyl sites for hydroxylation is 1. The van der Waals surface area contributed by atoms with Crippen molar-refractivity contribution in [2.24, 2.45) is 0 Å².